The molecule has 0 saturated carbocycles. The number of halogens is 2. The Morgan fingerprint density at radius 3 is 2.66 bits per heavy atom. The summed E-state index contributed by atoms with van der Waals surface area (Å²) in [7, 11) is 0. The number of aliphatic carboxylic acids is 1. The van der Waals surface area contributed by atoms with Crippen LogP contribution in [0.3, 0.4) is 0 Å². The number of nitrogens with zero attached hydrogens (tertiary/aromatic N) is 2. The molecule has 0 spiro atoms. The van der Waals surface area contributed by atoms with Gasteiger partial charge in [-0.3, -0.25) is 9.36 Å². The normalized spacial score (nSPS) is 16.9. The predicted octanol–water partition coefficient (Wildman–Crippen LogP) is 6.86. The SMILES string of the molecule is CC1=C(c2noc(C(C)(C)F)c2C(=O)n2cc(C)c3c(/C=C/C(=O)O)cccc32)C(C)CC(Cl)=C1. The van der Waals surface area contributed by atoms with Crippen LogP contribution in [0.4, 0.5) is 4.39 Å². The molecule has 4 rings (SSSR count). The molecule has 6 nitrogen and oxygen atoms in total. The first-order chi connectivity index (χ1) is 16.4. The number of carbonyl (C=O) groups is 2. The van der Waals surface area contributed by atoms with Crippen molar-refractivity contribution in [2.24, 2.45) is 5.92 Å². The van der Waals surface area contributed by atoms with E-state index in [1.807, 2.05) is 26.8 Å². The minimum Gasteiger partial charge on any atom is -0.478 e. The average Bonchev–Trinajstić information content (AvgIpc) is 3.33. The van der Waals surface area contributed by atoms with E-state index in [0.717, 1.165) is 28.2 Å². The highest BCUT2D eigenvalue weighted by Crippen LogP contribution is 2.41. The van der Waals surface area contributed by atoms with Gasteiger partial charge in [-0.05, 0) is 80.5 Å². The number of aromatic nitrogens is 2. The van der Waals surface area contributed by atoms with Crippen molar-refractivity contribution in [3.05, 3.63) is 75.3 Å². The van der Waals surface area contributed by atoms with E-state index in [0.29, 0.717) is 28.2 Å². The van der Waals surface area contributed by atoms with Crippen LogP contribution in [0.1, 0.15) is 67.1 Å². The largest absolute Gasteiger partial charge is 0.478 e. The zero-order chi connectivity index (χ0) is 25.7. The molecule has 0 amide bonds. The fraction of sp³-hybridized carbons (Fsp3) is 0.296. The van der Waals surface area contributed by atoms with Gasteiger partial charge in [0.1, 0.15) is 11.3 Å². The van der Waals surface area contributed by atoms with Gasteiger partial charge in [0.25, 0.3) is 5.91 Å². The summed E-state index contributed by atoms with van der Waals surface area (Å²) in [5, 5.41) is 14.6. The van der Waals surface area contributed by atoms with Crippen molar-refractivity contribution < 1.29 is 23.6 Å². The maximum absolute atomic E-state index is 15.2. The molecular formula is C27H26ClFN2O4. The average molecular weight is 497 g/mol. The summed E-state index contributed by atoms with van der Waals surface area (Å²) in [5.41, 5.74) is 2.04. The van der Waals surface area contributed by atoms with Crippen molar-refractivity contribution in [2.75, 3.05) is 0 Å². The number of hydrogen-bond donors (Lipinski definition) is 1. The number of allylic oxidation sites excluding steroid dienone is 4. The topological polar surface area (TPSA) is 85.3 Å². The van der Waals surface area contributed by atoms with Crippen LogP contribution in [0.25, 0.3) is 22.6 Å². The van der Waals surface area contributed by atoms with Crippen LogP contribution in [0.5, 0.6) is 0 Å². The van der Waals surface area contributed by atoms with E-state index in [1.165, 1.54) is 24.5 Å². The molecule has 0 saturated heterocycles. The molecule has 0 radical (unpaired) electrons. The van der Waals surface area contributed by atoms with Gasteiger partial charge in [0.15, 0.2) is 11.4 Å². The second kappa shape index (κ2) is 8.96. The molecule has 1 atom stereocenters. The molecule has 2 aromatic heterocycles. The summed E-state index contributed by atoms with van der Waals surface area (Å²) < 4.78 is 22.2. The van der Waals surface area contributed by atoms with Crippen molar-refractivity contribution >= 4 is 46.0 Å². The van der Waals surface area contributed by atoms with E-state index >= 15 is 4.39 Å². The van der Waals surface area contributed by atoms with E-state index in [2.05, 4.69) is 5.16 Å². The number of carboxylic acid groups (broad SMARTS) is 1. The number of fused-ring (bicyclic) bond motifs is 1. The van der Waals surface area contributed by atoms with Gasteiger partial charge in [-0.25, -0.2) is 9.18 Å². The van der Waals surface area contributed by atoms with Crippen molar-refractivity contribution in [3.8, 4) is 0 Å². The van der Waals surface area contributed by atoms with E-state index in [9.17, 15) is 9.59 Å². The minimum atomic E-state index is -1.95. The smallest absolute Gasteiger partial charge is 0.328 e. The van der Waals surface area contributed by atoms with Crippen LogP contribution in [0, 0.1) is 12.8 Å². The number of rotatable bonds is 5. The third-order valence-electron chi connectivity index (χ3n) is 6.17. The highest BCUT2D eigenvalue weighted by Gasteiger charge is 2.37. The molecule has 1 aliphatic carbocycles. The Balaban J connectivity index is 1.96. The maximum Gasteiger partial charge on any atom is 0.328 e. The van der Waals surface area contributed by atoms with Crippen LogP contribution in [-0.2, 0) is 10.5 Å². The first-order valence-corrected chi connectivity index (χ1v) is 11.6. The van der Waals surface area contributed by atoms with Crippen molar-refractivity contribution in [3.63, 3.8) is 0 Å². The summed E-state index contributed by atoms with van der Waals surface area (Å²) in [4.78, 5) is 25.1. The minimum absolute atomic E-state index is 0.0457. The fourth-order valence-electron chi connectivity index (χ4n) is 4.76. The van der Waals surface area contributed by atoms with Gasteiger partial charge in [0, 0.05) is 22.7 Å². The molecule has 8 heteroatoms. The molecule has 1 aromatic carbocycles. The second-order valence-corrected chi connectivity index (χ2v) is 9.89. The Morgan fingerprint density at radius 2 is 2.03 bits per heavy atom. The summed E-state index contributed by atoms with van der Waals surface area (Å²) in [6, 6.07) is 5.28. The van der Waals surface area contributed by atoms with E-state index in [-0.39, 0.29) is 17.2 Å². The van der Waals surface area contributed by atoms with E-state index in [4.69, 9.17) is 21.2 Å². The molecule has 1 unspecified atom stereocenters. The van der Waals surface area contributed by atoms with Crippen LogP contribution in [0.15, 0.2) is 51.7 Å². The fourth-order valence-corrected chi connectivity index (χ4v) is 5.15. The van der Waals surface area contributed by atoms with Crippen molar-refractivity contribution in [1.29, 1.82) is 0 Å². The number of carboxylic acids is 1. The number of hydrogen-bond acceptors (Lipinski definition) is 4. The maximum atomic E-state index is 15.2. The highest BCUT2D eigenvalue weighted by atomic mass is 35.5. The lowest BCUT2D eigenvalue weighted by molar-refractivity contribution is -0.131. The monoisotopic (exact) mass is 496 g/mol. The molecule has 0 fully saturated rings. The van der Waals surface area contributed by atoms with Gasteiger partial charge >= 0.3 is 5.97 Å². The Kier molecular flexibility index (Phi) is 6.32. The molecule has 3 aromatic rings. The zero-order valence-electron chi connectivity index (χ0n) is 20.1. The number of alkyl halides is 1. The predicted molar refractivity (Wildman–Crippen MR) is 134 cm³/mol. The molecule has 2 heterocycles. The summed E-state index contributed by atoms with van der Waals surface area (Å²) in [5.74, 6) is -1.74. The number of benzene rings is 1. The van der Waals surface area contributed by atoms with Gasteiger partial charge in [-0.15, -0.1) is 0 Å². The van der Waals surface area contributed by atoms with Gasteiger partial charge in [-0.1, -0.05) is 35.8 Å². The Hall–Kier alpha value is -3.45. The summed E-state index contributed by atoms with van der Waals surface area (Å²) >= 11 is 6.27. The molecule has 1 aliphatic rings. The first kappa shape index (κ1) is 24.7. The lowest BCUT2D eigenvalue weighted by Gasteiger charge is -2.22. The van der Waals surface area contributed by atoms with Crippen LogP contribution in [0.2, 0.25) is 0 Å². The van der Waals surface area contributed by atoms with Gasteiger partial charge in [0.2, 0.25) is 0 Å². The third kappa shape index (κ3) is 4.48. The zero-order valence-corrected chi connectivity index (χ0v) is 20.9. The van der Waals surface area contributed by atoms with Crippen LogP contribution < -0.4 is 0 Å². The summed E-state index contributed by atoms with van der Waals surface area (Å²) in [6.45, 7) is 8.34. The Morgan fingerprint density at radius 1 is 1.31 bits per heavy atom. The molecule has 1 N–H and O–H groups in total. The third-order valence-corrected chi connectivity index (χ3v) is 6.43. The second-order valence-electron chi connectivity index (χ2n) is 9.40. The standard InChI is InChI=1S/C27H26ClFN2O4/c1-14-11-18(28)12-15(2)21(14)24-23(25(35-30-24)27(4,5)29)26(34)31-13-16(3)22-17(9-10-20(32)33)7-6-8-19(22)31/h6-11,13,15H,12H2,1-5H3,(H,32,33)/b10-9+. The Bertz CT molecular complexity index is 1450. The number of aryl methyl sites for hydroxylation is 1. The van der Waals surface area contributed by atoms with Gasteiger partial charge in [0.05, 0.1) is 5.52 Å². The molecule has 0 bridgehead atoms. The van der Waals surface area contributed by atoms with Crippen LogP contribution in [-0.4, -0.2) is 26.7 Å². The van der Waals surface area contributed by atoms with Crippen molar-refractivity contribution in [2.45, 2.75) is 46.7 Å². The number of carbonyl (C=O) groups excluding carboxylic acids is 1. The molecule has 35 heavy (non-hydrogen) atoms. The quantitative estimate of drug-likeness (QED) is 0.390. The van der Waals surface area contributed by atoms with E-state index < -0.39 is 17.5 Å². The van der Waals surface area contributed by atoms with Crippen molar-refractivity contribution in [1.82, 2.24) is 9.72 Å². The highest BCUT2D eigenvalue weighted by molar-refractivity contribution is 6.30. The first-order valence-electron chi connectivity index (χ1n) is 11.2. The van der Waals surface area contributed by atoms with Crippen LogP contribution >= 0.6 is 11.6 Å². The lowest BCUT2D eigenvalue weighted by atomic mass is 9.84. The Labute approximate surface area is 207 Å². The lowest BCUT2D eigenvalue weighted by Crippen LogP contribution is -2.20. The molecule has 0 aliphatic heterocycles. The van der Waals surface area contributed by atoms with E-state index in [1.54, 1.807) is 24.4 Å². The van der Waals surface area contributed by atoms with Gasteiger partial charge in [-0.2, -0.15) is 0 Å². The van der Waals surface area contributed by atoms with Gasteiger partial charge < -0.3 is 9.63 Å². The summed E-state index contributed by atoms with van der Waals surface area (Å²) in [6.07, 6.45) is 6.61. The molecule has 182 valence electrons. The molecular weight excluding hydrogens is 471 g/mol.